The number of carbonyl (C=O) groups excluding carboxylic acids is 1. The van der Waals surface area contributed by atoms with Crippen molar-refractivity contribution in [1.82, 2.24) is 15.2 Å². The second kappa shape index (κ2) is 7.74. The van der Waals surface area contributed by atoms with Crippen molar-refractivity contribution in [2.75, 3.05) is 10.6 Å². The molecular formula is C20H21N5O. The Kier molecular flexibility index (Phi) is 5.22. The van der Waals surface area contributed by atoms with Gasteiger partial charge in [-0.3, -0.25) is 9.78 Å². The lowest BCUT2D eigenvalue weighted by Crippen LogP contribution is -2.16. The summed E-state index contributed by atoms with van der Waals surface area (Å²) in [4.78, 5) is 16.5. The second-order valence-electron chi connectivity index (χ2n) is 6.25. The Morgan fingerprint density at radius 2 is 1.81 bits per heavy atom. The number of nitrogens with zero attached hydrogens (tertiary/aromatic N) is 3. The number of anilines is 2. The van der Waals surface area contributed by atoms with Crippen LogP contribution in [0, 0.1) is 20.8 Å². The largest absolute Gasteiger partial charge is 0.364 e. The van der Waals surface area contributed by atoms with E-state index in [4.69, 9.17) is 0 Å². The van der Waals surface area contributed by atoms with Crippen molar-refractivity contribution < 1.29 is 4.79 Å². The minimum Gasteiger partial charge on any atom is -0.364 e. The van der Waals surface area contributed by atoms with E-state index in [9.17, 15) is 4.79 Å². The van der Waals surface area contributed by atoms with Gasteiger partial charge in [-0.05, 0) is 55.7 Å². The highest BCUT2D eigenvalue weighted by molar-refractivity contribution is 6.03. The van der Waals surface area contributed by atoms with Crippen LogP contribution >= 0.6 is 0 Å². The van der Waals surface area contributed by atoms with Gasteiger partial charge in [-0.1, -0.05) is 23.8 Å². The summed E-state index contributed by atoms with van der Waals surface area (Å²) < 4.78 is 0. The Morgan fingerprint density at radius 3 is 2.42 bits per heavy atom. The molecule has 0 unspecified atom stereocenters. The fourth-order valence-electron chi connectivity index (χ4n) is 2.80. The molecule has 2 heterocycles. The van der Waals surface area contributed by atoms with Gasteiger partial charge in [0.1, 0.15) is 5.82 Å². The fraction of sp³-hybridized carbons (Fsp3) is 0.200. The molecule has 0 saturated carbocycles. The summed E-state index contributed by atoms with van der Waals surface area (Å²) in [6.45, 7) is 6.59. The molecule has 0 saturated heterocycles. The normalized spacial score (nSPS) is 10.4. The molecule has 0 bridgehead atoms. The number of aryl methyl sites for hydroxylation is 3. The number of amides is 1. The summed E-state index contributed by atoms with van der Waals surface area (Å²) in [6, 6.07) is 11.3. The Balaban J connectivity index is 1.66. The molecule has 0 fully saturated rings. The lowest BCUT2D eigenvalue weighted by Gasteiger charge is -2.12. The Hall–Kier alpha value is -3.28. The van der Waals surface area contributed by atoms with Crippen LogP contribution in [0.2, 0.25) is 0 Å². The maximum atomic E-state index is 12.5. The number of aromatic nitrogens is 3. The van der Waals surface area contributed by atoms with Crippen LogP contribution in [0.4, 0.5) is 11.5 Å². The molecule has 0 aliphatic heterocycles. The summed E-state index contributed by atoms with van der Waals surface area (Å²) in [7, 11) is 0. The van der Waals surface area contributed by atoms with Gasteiger partial charge in [0.25, 0.3) is 5.91 Å². The fourth-order valence-corrected chi connectivity index (χ4v) is 2.80. The molecule has 0 atom stereocenters. The van der Waals surface area contributed by atoms with Gasteiger partial charge in [0.15, 0.2) is 5.69 Å². The monoisotopic (exact) mass is 347 g/mol. The molecule has 2 N–H and O–H groups in total. The number of hydrogen-bond acceptors (Lipinski definition) is 5. The molecule has 2 aromatic heterocycles. The van der Waals surface area contributed by atoms with Crippen molar-refractivity contribution in [1.29, 1.82) is 0 Å². The third kappa shape index (κ3) is 4.22. The molecule has 0 aliphatic carbocycles. The van der Waals surface area contributed by atoms with Crippen LogP contribution in [0.15, 0.2) is 48.8 Å². The number of pyridine rings is 1. The maximum absolute atomic E-state index is 12.5. The molecule has 0 spiro atoms. The van der Waals surface area contributed by atoms with Gasteiger partial charge in [0.05, 0.1) is 0 Å². The van der Waals surface area contributed by atoms with Crippen molar-refractivity contribution in [3.8, 4) is 0 Å². The van der Waals surface area contributed by atoms with Crippen LogP contribution in [0.5, 0.6) is 0 Å². The standard InChI is InChI=1S/C20H21N5O/c1-13-9-14(2)19(15(3)10-13)23-20(26)17-6-7-18(25-24-17)22-12-16-5-4-8-21-11-16/h4-11H,12H2,1-3H3,(H,22,25)(H,23,26). The molecule has 3 rings (SSSR count). The summed E-state index contributed by atoms with van der Waals surface area (Å²) in [5.41, 5.74) is 5.36. The first-order chi connectivity index (χ1) is 12.5. The van der Waals surface area contributed by atoms with Crippen molar-refractivity contribution in [2.45, 2.75) is 27.3 Å². The van der Waals surface area contributed by atoms with Crippen molar-refractivity contribution in [2.24, 2.45) is 0 Å². The van der Waals surface area contributed by atoms with E-state index >= 15 is 0 Å². The minimum atomic E-state index is -0.272. The highest BCUT2D eigenvalue weighted by Crippen LogP contribution is 2.22. The molecule has 1 amide bonds. The highest BCUT2D eigenvalue weighted by atomic mass is 16.1. The average Bonchev–Trinajstić information content (AvgIpc) is 2.64. The Morgan fingerprint density at radius 1 is 1.04 bits per heavy atom. The van der Waals surface area contributed by atoms with Gasteiger partial charge in [0.2, 0.25) is 0 Å². The van der Waals surface area contributed by atoms with Crippen LogP contribution < -0.4 is 10.6 Å². The first-order valence-electron chi connectivity index (χ1n) is 8.38. The van der Waals surface area contributed by atoms with E-state index in [2.05, 4.69) is 25.8 Å². The third-order valence-electron chi connectivity index (χ3n) is 4.01. The van der Waals surface area contributed by atoms with Crippen LogP contribution in [0.25, 0.3) is 0 Å². The zero-order valence-corrected chi connectivity index (χ0v) is 15.1. The second-order valence-corrected chi connectivity index (χ2v) is 6.25. The van der Waals surface area contributed by atoms with E-state index in [1.54, 1.807) is 24.5 Å². The lowest BCUT2D eigenvalue weighted by molar-refractivity contribution is 0.102. The average molecular weight is 347 g/mol. The molecular weight excluding hydrogens is 326 g/mol. The highest BCUT2D eigenvalue weighted by Gasteiger charge is 2.12. The van der Waals surface area contributed by atoms with Crippen molar-refractivity contribution in [3.63, 3.8) is 0 Å². The number of hydrogen-bond donors (Lipinski definition) is 2. The summed E-state index contributed by atoms with van der Waals surface area (Å²) >= 11 is 0. The smallest absolute Gasteiger partial charge is 0.276 e. The van der Waals surface area contributed by atoms with Crippen molar-refractivity contribution >= 4 is 17.4 Å². The van der Waals surface area contributed by atoms with Gasteiger partial charge >= 0.3 is 0 Å². The van der Waals surface area contributed by atoms with Crippen LogP contribution in [0.1, 0.15) is 32.7 Å². The molecule has 6 nitrogen and oxygen atoms in total. The van der Waals surface area contributed by atoms with E-state index < -0.39 is 0 Å². The van der Waals surface area contributed by atoms with Gasteiger partial charge in [-0.25, -0.2) is 0 Å². The Bertz CT molecular complexity index is 884. The topological polar surface area (TPSA) is 79.8 Å². The number of nitrogens with one attached hydrogen (secondary N) is 2. The third-order valence-corrected chi connectivity index (χ3v) is 4.01. The van der Waals surface area contributed by atoms with E-state index in [1.165, 1.54) is 5.56 Å². The SMILES string of the molecule is Cc1cc(C)c(NC(=O)c2ccc(NCc3cccnc3)nn2)c(C)c1. The van der Waals surface area contributed by atoms with E-state index in [1.807, 2.05) is 45.0 Å². The van der Waals surface area contributed by atoms with E-state index in [-0.39, 0.29) is 11.6 Å². The maximum Gasteiger partial charge on any atom is 0.276 e. The zero-order chi connectivity index (χ0) is 18.5. The van der Waals surface area contributed by atoms with Crippen LogP contribution in [-0.4, -0.2) is 21.1 Å². The summed E-state index contributed by atoms with van der Waals surface area (Å²) in [5, 5.41) is 14.2. The zero-order valence-electron chi connectivity index (χ0n) is 15.1. The van der Waals surface area contributed by atoms with Gasteiger partial charge in [-0.2, -0.15) is 0 Å². The molecule has 26 heavy (non-hydrogen) atoms. The minimum absolute atomic E-state index is 0.272. The van der Waals surface area contributed by atoms with Gasteiger partial charge < -0.3 is 10.6 Å². The van der Waals surface area contributed by atoms with Gasteiger partial charge in [-0.15, -0.1) is 10.2 Å². The molecule has 6 heteroatoms. The number of rotatable bonds is 5. The first-order valence-corrected chi connectivity index (χ1v) is 8.38. The summed E-state index contributed by atoms with van der Waals surface area (Å²) in [5.74, 6) is 0.333. The number of carbonyl (C=O) groups is 1. The molecule has 3 aromatic rings. The Labute approximate surface area is 152 Å². The summed E-state index contributed by atoms with van der Waals surface area (Å²) in [6.07, 6.45) is 3.52. The van der Waals surface area contributed by atoms with Gasteiger partial charge in [0, 0.05) is 24.6 Å². The molecule has 1 aromatic carbocycles. The predicted molar refractivity (Wildman–Crippen MR) is 102 cm³/mol. The van der Waals surface area contributed by atoms with E-state index in [0.29, 0.717) is 12.4 Å². The number of benzene rings is 1. The predicted octanol–water partition coefficient (Wildman–Crippen LogP) is 3.66. The molecule has 132 valence electrons. The van der Waals surface area contributed by atoms with Crippen LogP contribution in [-0.2, 0) is 6.54 Å². The van der Waals surface area contributed by atoms with Crippen molar-refractivity contribution in [3.05, 3.63) is 76.7 Å². The first kappa shape index (κ1) is 17.5. The van der Waals surface area contributed by atoms with Crippen LogP contribution in [0.3, 0.4) is 0 Å². The van der Waals surface area contributed by atoms with E-state index in [0.717, 1.165) is 22.4 Å². The lowest BCUT2D eigenvalue weighted by atomic mass is 10.1. The molecule has 0 aliphatic rings. The quantitative estimate of drug-likeness (QED) is 0.736. The molecule has 0 radical (unpaired) electrons.